The second-order valence-corrected chi connectivity index (χ2v) is 3.37. The molecule has 0 aliphatic carbocycles. The van der Waals surface area contributed by atoms with E-state index in [1.54, 1.807) is 24.4 Å². The first-order valence-electron chi connectivity index (χ1n) is 4.95. The quantitative estimate of drug-likeness (QED) is 0.875. The second-order valence-electron chi connectivity index (χ2n) is 3.37. The topological polar surface area (TPSA) is 72.3 Å². The highest BCUT2D eigenvalue weighted by Gasteiger charge is 2.05. The number of carboxylic acid groups (broad SMARTS) is 1. The highest BCUT2D eigenvalue weighted by atomic mass is 16.5. The van der Waals surface area contributed by atoms with Crippen LogP contribution in [0, 0.1) is 6.92 Å². The van der Waals surface area contributed by atoms with Crippen LogP contribution >= 0.6 is 0 Å². The van der Waals surface area contributed by atoms with Gasteiger partial charge in [0.1, 0.15) is 17.2 Å². The number of nitrogens with zero attached hydrogens (tertiary/aromatic N) is 2. The average Bonchev–Trinajstić information content (AvgIpc) is 2.33. The first kappa shape index (κ1) is 11.1. The lowest BCUT2D eigenvalue weighted by Crippen LogP contribution is -1.99. The number of aryl methyl sites for hydroxylation is 1. The largest absolute Gasteiger partial charge is 0.477 e. The van der Waals surface area contributed by atoms with Gasteiger partial charge in [0.25, 0.3) is 0 Å². The van der Waals surface area contributed by atoms with Gasteiger partial charge in [-0.3, -0.25) is 4.98 Å². The Morgan fingerprint density at radius 2 is 2.12 bits per heavy atom. The van der Waals surface area contributed by atoms with E-state index in [0.717, 1.165) is 5.69 Å². The van der Waals surface area contributed by atoms with E-state index in [1.165, 1.54) is 12.3 Å². The Morgan fingerprint density at radius 1 is 1.29 bits per heavy atom. The van der Waals surface area contributed by atoms with Crippen molar-refractivity contribution in [2.45, 2.75) is 6.92 Å². The Kier molecular flexibility index (Phi) is 3.00. The number of aromatic carboxylic acids is 1. The van der Waals surface area contributed by atoms with Crippen molar-refractivity contribution in [1.29, 1.82) is 0 Å². The number of carboxylic acids is 1. The van der Waals surface area contributed by atoms with Crippen LogP contribution in [0.15, 0.2) is 36.7 Å². The third-order valence-electron chi connectivity index (χ3n) is 2.14. The molecular weight excluding hydrogens is 220 g/mol. The summed E-state index contributed by atoms with van der Waals surface area (Å²) in [7, 11) is 0. The van der Waals surface area contributed by atoms with Gasteiger partial charge in [0, 0.05) is 6.20 Å². The number of hydrogen-bond donors (Lipinski definition) is 1. The maximum Gasteiger partial charge on any atom is 0.354 e. The number of rotatable bonds is 3. The van der Waals surface area contributed by atoms with E-state index in [0.29, 0.717) is 11.5 Å². The third kappa shape index (κ3) is 2.57. The van der Waals surface area contributed by atoms with Gasteiger partial charge in [-0.25, -0.2) is 9.78 Å². The number of pyridine rings is 2. The third-order valence-corrected chi connectivity index (χ3v) is 2.14. The first-order chi connectivity index (χ1) is 8.16. The number of aromatic nitrogens is 2. The van der Waals surface area contributed by atoms with Crippen molar-refractivity contribution in [2.24, 2.45) is 0 Å². The minimum Gasteiger partial charge on any atom is -0.477 e. The van der Waals surface area contributed by atoms with Crippen LogP contribution in [0.3, 0.4) is 0 Å². The van der Waals surface area contributed by atoms with E-state index < -0.39 is 5.97 Å². The van der Waals surface area contributed by atoms with Crippen LogP contribution in [0.25, 0.3) is 0 Å². The van der Waals surface area contributed by atoms with Crippen LogP contribution in [0.5, 0.6) is 11.5 Å². The fraction of sp³-hybridized carbons (Fsp3) is 0.0833. The fourth-order valence-corrected chi connectivity index (χ4v) is 1.27. The predicted octanol–water partition coefficient (Wildman–Crippen LogP) is 2.28. The molecule has 2 aromatic rings. The minimum atomic E-state index is -1.06. The van der Waals surface area contributed by atoms with Crippen molar-refractivity contribution >= 4 is 5.97 Å². The SMILES string of the molecule is Cc1ncccc1Oc1ccc(C(=O)O)nc1. The van der Waals surface area contributed by atoms with Gasteiger partial charge >= 0.3 is 5.97 Å². The molecule has 0 spiro atoms. The fourth-order valence-electron chi connectivity index (χ4n) is 1.27. The molecule has 17 heavy (non-hydrogen) atoms. The molecule has 0 bridgehead atoms. The van der Waals surface area contributed by atoms with Gasteiger partial charge in [0.15, 0.2) is 0 Å². The molecule has 5 heteroatoms. The molecule has 2 heterocycles. The van der Waals surface area contributed by atoms with Crippen LogP contribution in [0.2, 0.25) is 0 Å². The Hall–Kier alpha value is -2.43. The summed E-state index contributed by atoms with van der Waals surface area (Å²) in [6.45, 7) is 1.83. The molecule has 0 aromatic carbocycles. The average molecular weight is 230 g/mol. The van der Waals surface area contributed by atoms with E-state index in [-0.39, 0.29) is 5.69 Å². The molecule has 0 aliphatic rings. The monoisotopic (exact) mass is 230 g/mol. The van der Waals surface area contributed by atoms with Crippen LogP contribution in [-0.2, 0) is 0 Å². The highest BCUT2D eigenvalue weighted by Crippen LogP contribution is 2.22. The van der Waals surface area contributed by atoms with Gasteiger partial charge in [0.05, 0.1) is 11.9 Å². The van der Waals surface area contributed by atoms with Gasteiger partial charge in [-0.15, -0.1) is 0 Å². The molecule has 0 amide bonds. The lowest BCUT2D eigenvalue weighted by atomic mass is 10.3. The van der Waals surface area contributed by atoms with E-state index in [1.807, 2.05) is 6.92 Å². The van der Waals surface area contributed by atoms with Crippen LogP contribution in [0.4, 0.5) is 0 Å². The Balaban J connectivity index is 2.20. The summed E-state index contributed by atoms with van der Waals surface area (Å²) in [5, 5.41) is 8.70. The van der Waals surface area contributed by atoms with E-state index in [9.17, 15) is 4.79 Å². The van der Waals surface area contributed by atoms with Crippen molar-refractivity contribution in [3.63, 3.8) is 0 Å². The molecule has 86 valence electrons. The predicted molar refractivity (Wildman–Crippen MR) is 60.2 cm³/mol. The van der Waals surface area contributed by atoms with Gasteiger partial charge in [0.2, 0.25) is 0 Å². The van der Waals surface area contributed by atoms with E-state index >= 15 is 0 Å². The van der Waals surface area contributed by atoms with Gasteiger partial charge in [-0.2, -0.15) is 0 Å². The maximum atomic E-state index is 10.6. The first-order valence-corrected chi connectivity index (χ1v) is 4.95. The number of ether oxygens (including phenoxy) is 1. The van der Waals surface area contributed by atoms with Crippen molar-refractivity contribution in [2.75, 3.05) is 0 Å². The van der Waals surface area contributed by atoms with Crippen molar-refractivity contribution in [3.05, 3.63) is 48.0 Å². The second kappa shape index (κ2) is 4.61. The smallest absolute Gasteiger partial charge is 0.354 e. The van der Waals surface area contributed by atoms with Gasteiger partial charge < -0.3 is 9.84 Å². The molecule has 2 rings (SSSR count). The zero-order chi connectivity index (χ0) is 12.3. The molecule has 0 saturated carbocycles. The summed E-state index contributed by atoms with van der Waals surface area (Å²) in [5.41, 5.74) is 0.745. The zero-order valence-corrected chi connectivity index (χ0v) is 9.12. The molecule has 2 aromatic heterocycles. The molecular formula is C12H10N2O3. The summed E-state index contributed by atoms with van der Waals surface area (Å²) in [6, 6.07) is 6.50. The van der Waals surface area contributed by atoms with E-state index in [2.05, 4.69) is 9.97 Å². The lowest BCUT2D eigenvalue weighted by Gasteiger charge is -2.06. The van der Waals surface area contributed by atoms with E-state index in [4.69, 9.17) is 9.84 Å². The summed E-state index contributed by atoms with van der Waals surface area (Å²) in [6.07, 6.45) is 3.05. The summed E-state index contributed by atoms with van der Waals surface area (Å²) in [4.78, 5) is 18.5. The Labute approximate surface area is 97.7 Å². The molecule has 0 atom stereocenters. The lowest BCUT2D eigenvalue weighted by molar-refractivity contribution is 0.0690. The summed E-state index contributed by atoms with van der Waals surface area (Å²) < 4.78 is 5.53. The van der Waals surface area contributed by atoms with Crippen molar-refractivity contribution in [3.8, 4) is 11.5 Å². The zero-order valence-electron chi connectivity index (χ0n) is 9.12. The Morgan fingerprint density at radius 3 is 2.71 bits per heavy atom. The maximum absolute atomic E-state index is 10.6. The number of carbonyl (C=O) groups is 1. The molecule has 0 radical (unpaired) electrons. The molecule has 5 nitrogen and oxygen atoms in total. The number of hydrogen-bond acceptors (Lipinski definition) is 4. The summed E-state index contributed by atoms with van der Waals surface area (Å²) in [5.74, 6) is 0.0394. The highest BCUT2D eigenvalue weighted by molar-refractivity contribution is 5.85. The molecule has 0 unspecified atom stereocenters. The molecule has 0 saturated heterocycles. The van der Waals surface area contributed by atoms with Crippen LogP contribution < -0.4 is 4.74 Å². The van der Waals surface area contributed by atoms with Gasteiger partial charge in [-0.05, 0) is 31.2 Å². The van der Waals surface area contributed by atoms with Crippen molar-refractivity contribution in [1.82, 2.24) is 9.97 Å². The summed E-state index contributed by atoms with van der Waals surface area (Å²) >= 11 is 0. The molecule has 1 N–H and O–H groups in total. The molecule has 0 aliphatic heterocycles. The Bertz CT molecular complexity index is 538. The van der Waals surface area contributed by atoms with Crippen LogP contribution in [0.1, 0.15) is 16.2 Å². The molecule has 0 fully saturated rings. The van der Waals surface area contributed by atoms with Crippen molar-refractivity contribution < 1.29 is 14.6 Å². The standard InChI is InChI=1S/C12H10N2O3/c1-8-11(3-2-6-13-8)17-9-4-5-10(12(15)16)14-7-9/h2-7H,1H3,(H,15,16). The minimum absolute atomic E-state index is 0.0136. The normalized spacial score (nSPS) is 9.94. The van der Waals surface area contributed by atoms with Crippen LogP contribution in [-0.4, -0.2) is 21.0 Å². The van der Waals surface area contributed by atoms with Gasteiger partial charge in [-0.1, -0.05) is 0 Å².